The molecule has 1 aliphatic rings. The second-order valence-electron chi connectivity index (χ2n) is 5.20. The fourth-order valence-electron chi connectivity index (χ4n) is 2.44. The molecular formula is C13H18Cl2N2O2S. The normalized spacial score (nSPS) is 22.7. The Balaban J connectivity index is 2.30. The van der Waals surface area contributed by atoms with Crippen LogP contribution in [0, 0.1) is 5.92 Å². The van der Waals surface area contributed by atoms with Crippen LogP contribution in [0.4, 0.5) is 0 Å². The number of nitrogens with zero attached hydrogens (tertiary/aromatic N) is 1. The molecule has 1 saturated heterocycles. The van der Waals surface area contributed by atoms with E-state index >= 15 is 0 Å². The van der Waals surface area contributed by atoms with Gasteiger partial charge in [-0.15, -0.1) is 0 Å². The molecule has 1 aromatic carbocycles. The first-order valence-electron chi connectivity index (χ1n) is 6.53. The molecule has 0 amide bonds. The quantitative estimate of drug-likeness (QED) is 0.922. The summed E-state index contributed by atoms with van der Waals surface area (Å²) < 4.78 is 26.8. The Morgan fingerprint density at radius 1 is 1.40 bits per heavy atom. The molecule has 7 heteroatoms. The highest BCUT2D eigenvalue weighted by molar-refractivity contribution is 7.89. The SMILES string of the molecule is CC(N)C1CCCN(S(=O)(=O)c2ccc(Cl)cc2Cl)C1. The maximum Gasteiger partial charge on any atom is 0.244 e. The third-order valence-corrected chi connectivity index (χ3v) is 6.26. The van der Waals surface area contributed by atoms with Crippen LogP contribution in [0.2, 0.25) is 10.0 Å². The molecule has 0 radical (unpaired) electrons. The van der Waals surface area contributed by atoms with Gasteiger partial charge in [0.25, 0.3) is 0 Å². The van der Waals surface area contributed by atoms with Crippen molar-refractivity contribution >= 4 is 33.2 Å². The Morgan fingerprint density at radius 3 is 2.70 bits per heavy atom. The zero-order valence-corrected chi connectivity index (χ0v) is 13.5. The fraction of sp³-hybridized carbons (Fsp3) is 0.538. The van der Waals surface area contributed by atoms with Gasteiger partial charge in [-0.05, 0) is 43.9 Å². The fourth-order valence-corrected chi connectivity index (χ4v) is 4.73. The lowest BCUT2D eigenvalue weighted by Gasteiger charge is -2.33. The van der Waals surface area contributed by atoms with Gasteiger partial charge < -0.3 is 5.73 Å². The van der Waals surface area contributed by atoms with Gasteiger partial charge in [-0.1, -0.05) is 23.2 Å². The summed E-state index contributed by atoms with van der Waals surface area (Å²) in [5.74, 6) is 0.185. The molecule has 1 fully saturated rings. The minimum absolute atomic E-state index is 0.0197. The number of piperidine rings is 1. The predicted molar refractivity (Wildman–Crippen MR) is 81.6 cm³/mol. The second-order valence-corrected chi connectivity index (χ2v) is 7.95. The smallest absolute Gasteiger partial charge is 0.244 e. The summed E-state index contributed by atoms with van der Waals surface area (Å²) in [6.07, 6.45) is 1.77. The van der Waals surface area contributed by atoms with E-state index in [0.717, 1.165) is 12.8 Å². The molecule has 2 rings (SSSR count). The van der Waals surface area contributed by atoms with Gasteiger partial charge >= 0.3 is 0 Å². The summed E-state index contributed by atoms with van der Waals surface area (Å²) in [7, 11) is -3.59. The molecule has 112 valence electrons. The van der Waals surface area contributed by atoms with E-state index in [2.05, 4.69) is 0 Å². The van der Waals surface area contributed by atoms with Crippen LogP contribution in [0.25, 0.3) is 0 Å². The molecule has 0 aromatic heterocycles. The lowest BCUT2D eigenvalue weighted by molar-refractivity contribution is 0.243. The number of benzene rings is 1. The van der Waals surface area contributed by atoms with E-state index in [1.165, 1.54) is 22.5 Å². The molecule has 0 aliphatic carbocycles. The van der Waals surface area contributed by atoms with Gasteiger partial charge in [0, 0.05) is 24.2 Å². The molecule has 4 nitrogen and oxygen atoms in total. The van der Waals surface area contributed by atoms with Crippen molar-refractivity contribution in [2.45, 2.75) is 30.7 Å². The summed E-state index contributed by atoms with van der Waals surface area (Å²) in [4.78, 5) is 0.105. The average Bonchev–Trinajstić information content (AvgIpc) is 2.38. The van der Waals surface area contributed by atoms with E-state index < -0.39 is 10.0 Å². The average molecular weight is 337 g/mol. The molecule has 2 atom stereocenters. The maximum atomic E-state index is 12.6. The Bertz CT molecular complexity index is 590. The highest BCUT2D eigenvalue weighted by Crippen LogP contribution is 2.30. The van der Waals surface area contributed by atoms with Crippen molar-refractivity contribution in [1.82, 2.24) is 4.31 Å². The number of sulfonamides is 1. The zero-order chi connectivity index (χ0) is 14.9. The van der Waals surface area contributed by atoms with Crippen molar-refractivity contribution < 1.29 is 8.42 Å². The zero-order valence-electron chi connectivity index (χ0n) is 11.2. The first kappa shape index (κ1) is 16.0. The van der Waals surface area contributed by atoms with Gasteiger partial charge in [0.1, 0.15) is 4.90 Å². The van der Waals surface area contributed by atoms with Crippen LogP contribution >= 0.6 is 23.2 Å². The van der Waals surface area contributed by atoms with Crippen LogP contribution in [0.1, 0.15) is 19.8 Å². The molecule has 20 heavy (non-hydrogen) atoms. The molecule has 1 heterocycles. The van der Waals surface area contributed by atoms with Crippen LogP contribution in [-0.2, 0) is 10.0 Å². The Morgan fingerprint density at radius 2 is 2.10 bits per heavy atom. The van der Waals surface area contributed by atoms with Crippen LogP contribution in [0.5, 0.6) is 0 Å². The Kier molecular flexibility index (Phi) is 4.97. The predicted octanol–water partition coefficient (Wildman–Crippen LogP) is 2.74. The third-order valence-electron chi connectivity index (χ3n) is 3.68. The monoisotopic (exact) mass is 336 g/mol. The van der Waals surface area contributed by atoms with Crippen LogP contribution in [0.15, 0.2) is 23.1 Å². The van der Waals surface area contributed by atoms with Gasteiger partial charge in [0.05, 0.1) is 5.02 Å². The Hall–Kier alpha value is -0.330. The summed E-state index contributed by atoms with van der Waals surface area (Å²) in [5.41, 5.74) is 5.90. The Labute approximate surface area is 129 Å². The maximum absolute atomic E-state index is 12.6. The van der Waals surface area contributed by atoms with Crippen molar-refractivity contribution in [3.05, 3.63) is 28.2 Å². The summed E-state index contributed by atoms with van der Waals surface area (Å²) >= 11 is 11.8. The minimum Gasteiger partial charge on any atom is -0.328 e. The van der Waals surface area contributed by atoms with Crippen molar-refractivity contribution in [2.24, 2.45) is 11.7 Å². The van der Waals surface area contributed by atoms with E-state index in [9.17, 15) is 8.42 Å². The molecule has 0 spiro atoms. The molecule has 1 aliphatic heterocycles. The highest BCUT2D eigenvalue weighted by atomic mass is 35.5. The first-order chi connectivity index (χ1) is 9.32. The lowest BCUT2D eigenvalue weighted by Crippen LogP contribution is -2.45. The molecular weight excluding hydrogens is 319 g/mol. The molecule has 2 unspecified atom stereocenters. The van der Waals surface area contributed by atoms with E-state index in [1.807, 2.05) is 6.92 Å². The third kappa shape index (κ3) is 3.28. The first-order valence-corrected chi connectivity index (χ1v) is 8.72. The van der Waals surface area contributed by atoms with Gasteiger partial charge in [-0.2, -0.15) is 4.31 Å². The van der Waals surface area contributed by atoms with Crippen molar-refractivity contribution in [2.75, 3.05) is 13.1 Å². The molecule has 0 bridgehead atoms. The van der Waals surface area contributed by atoms with Gasteiger partial charge in [-0.3, -0.25) is 0 Å². The molecule has 0 saturated carbocycles. The van der Waals surface area contributed by atoms with E-state index in [-0.39, 0.29) is 21.9 Å². The van der Waals surface area contributed by atoms with E-state index in [4.69, 9.17) is 28.9 Å². The standard InChI is InChI=1S/C13H18Cl2N2O2S/c1-9(16)10-3-2-6-17(8-10)20(18,19)13-5-4-11(14)7-12(13)15/h4-5,7,9-10H,2-3,6,8,16H2,1H3. The van der Waals surface area contributed by atoms with Gasteiger partial charge in [-0.25, -0.2) is 8.42 Å². The largest absolute Gasteiger partial charge is 0.328 e. The van der Waals surface area contributed by atoms with E-state index in [1.54, 1.807) is 0 Å². The van der Waals surface area contributed by atoms with Gasteiger partial charge in [0.2, 0.25) is 10.0 Å². The van der Waals surface area contributed by atoms with E-state index in [0.29, 0.717) is 18.1 Å². The number of halogens is 2. The number of hydrogen-bond donors (Lipinski definition) is 1. The second kappa shape index (κ2) is 6.20. The topological polar surface area (TPSA) is 63.4 Å². The molecule has 1 aromatic rings. The lowest BCUT2D eigenvalue weighted by atomic mass is 9.93. The number of hydrogen-bond acceptors (Lipinski definition) is 3. The summed E-state index contributed by atoms with van der Waals surface area (Å²) in [6, 6.07) is 4.42. The van der Waals surface area contributed by atoms with Crippen LogP contribution in [0.3, 0.4) is 0 Å². The number of rotatable bonds is 3. The van der Waals surface area contributed by atoms with Crippen molar-refractivity contribution in [3.8, 4) is 0 Å². The van der Waals surface area contributed by atoms with Crippen LogP contribution in [-0.4, -0.2) is 31.9 Å². The highest BCUT2D eigenvalue weighted by Gasteiger charge is 2.32. The number of nitrogens with two attached hydrogens (primary N) is 1. The van der Waals surface area contributed by atoms with Crippen molar-refractivity contribution in [3.63, 3.8) is 0 Å². The summed E-state index contributed by atoms with van der Waals surface area (Å²) in [5, 5.41) is 0.571. The van der Waals surface area contributed by atoms with Gasteiger partial charge in [0.15, 0.2) is 0 Å². The van der Waals surface area contributed by atoms with Crippen LogP contribution < -0.4 is 5.73 Å². The molecule has 2 N–H and O–H groups in total. The van der Waals surface area contributed by atoms with Crippen molar-refractivity contribution in [1.29, 1.82) is 0 Å². The summed E-state index contributed by atoms with van der Waals surface area (Å²) in [6.45, 7) is 2.86. The minimum atomic E-state index is -3.59.